The molecule has 0 saturated carbocycles. The van der Waals surface area contributed by atoms with E-state index in [1.54, 1.807) is 0 Å². The fraction of sp³-hybridized carbons (Fsp3) is 0.143. The number of furan rings is 1. The van der Waals surface area contributed by atoms with Gasteiger partial charge in [-0.05, 0) is 43.3 Å². The molecule has 0 unspecified atom stereocenters. The maximum absolute atomic E-state index is 11.9. The summed E-state index contributed by atoms with van der Waals surface area (Å²) in [4.78, 5) is 23.5. The molecule has 0 saturated heterocycles. The quantitative estimate of drug-likeness (QED) is 0.786. The minimum atomic E-state index is -3.80. The molecule has 1 atom stereocenters. The highest BCUT2D eigenvalue weighted by Gasteiger charge is 2.20. The number of benzene rings is 1. The van der Waals surface area contributed by atoms with Crippen LogP contribution in [0.15, 0.2) is 52.0 Å². The Kier molecular flexibility index (Phi) is 4.82. The maximum atomic E-state index is 11.9. The number of primary sulfonamides is 1. The van der Waals surface area contributed by atoms with Crippen LogP contribution in [0.2, 0.25) is 0 Å². The minimum Gasteiger partial charge on any atom is -0.457 e. The highest BCUT2D eigenvalue weighted by Crippen LogP contribution is 2.13. The second-order valence-electron chi connectivity index (χ2n) is 4.58. The number of nitrogens with one attached hydrogen (secondary N) is 1. The lowest BCUT2D eigenvalue weighted by Gasteiger charge is -2.12. The predicted molar refractivity (Wildman–Crippen MR) is 80.0 cm³/mol. The summed E-state index contributed by atoms with van der Waals surface area (Å²) in [6.45, 7) is 1.40. The molecule has 0 radical (unpaired) electrons. The number of carbonyl (C=O) groups is 2. The summed E-state index contributed by atoms with van der Waals surface area (Å²) in [6, 6.07) is 8.19. The van der Waals surface area contributed by atoms with Gasteiger partial charge in [0.15, 0.2) is 6.10 Å². The summed E-state index contributed by atoms with van der Waals surface area (Å²) in [5.41, 5.74) is 0.336. The second-order valence-corrected chi connectivity index (χ2v) is 6.14. The lowest BCUT2D eigenvalue weighted by molar-refractivity contribution is -0.123. The second kappa shape index (κ2) is 6.63. The molecule has 1 aromatic carbocycles. The Bertz CT molecular complexity index is 796. The SMILES string of the molecule is C[C@H](OC(=O)c1ccco1)C(=O)Nc1ccc(S(N)(=O)=O)cc1. The number of hydrogen-bond acceptors (Lipinski definition) is 6. The number of carbonyl (C=O) groups excluding carboxylic acids is 2. The minimum absolute atomic E-state index is 0.0119. The van der Waals surface area contributed by atoms with E-state index in [-0.39, 0.29) is 10.7 Å². The monoisotopic (exact) mass is 338 g/mol. The maximum Gasteiger partial charge on any atom is 0.374 e. The van der Waals surface area contributed by atoms with Crippen LogP contribution in [-0.4, -0.2) is 26.4 Å². The van der Waals surface area contributed by atoms with Crippen molar-refractivity contribution in [2.75, 3.05) is 5.32 Å². The summed E-state index contributed by atoms with van der Waals surface area (Å²) in [5.74, 6) is -1.35. The van der Waals surface area contributed by atoms with Crippen LogP contribution in [0.5, 0.6) is 0 Å². The number of esters is 1. The highest BCUT2D eigenvalue weighted by atomic mass is 32.2. The molecule has 0 aliphatic rings. The van der Waals surface area contributed by atoms with Crippen molar-refractivity contribution in [1.82, 2.24) is 0 Å². The first-order valence-electron chi connectivity index (χ1n) is 6.45. The van der Waals surface area contributed by atoms with Gasteiger partial charge in [-0.1, -0.05) is 0 Å². The number of hydrogen-bond donors (Lipinski definition) is 2. The molecule has 3 N–H and O–H groups in total. The fourth-order valence-electron chi connectivity index (χ4n) is 1.64. The van der Waals surface area contributed by atoms with Gasteiger partial charge in [-0.15, -0.1) is 0 Å². The van der Waals surface area contributed by atoms with E-state index < -0.39 is 28.0 Å². The van der Waals surface area contributed by atoms with Crippen molar-refractivity contribution in [1.29, 1.82) is 0 Å². The van der Waals surface area contributed by atoms with Crippen LogP contribution >= 0.6 is 0 Å². The number of ether oxygens (including phenoxy) is 1. The van der Waals surface area contributed by atoms with Gasteiger partial charge in [-0.2, -0.15) is 0 Å². The van der Waals surface area contributed by atoms with Gasteiger partial charge in [0.05, 0.1) is 11.2 Å². The number of anilines is 1. The number of nitrogens with two attached hydrogens (primary N) is 1. The van der Waals surface area contributed by atoms with Crippen LogP contribution in [-0.2, 0) is 19.6 Å². The van der Waals surface area contributed by atoms with Crippen LogP contribution in [0.3, 0.4) is 0 Å². The molecular weight excluding hydrogens is 324 g/mol. The zero-order valence-corrected chi connectivity index (χ0v) is 12.9. The number of sulfonamides is 1. The Labute approximate surface area is 132 Å². The fourth-order valence-corrected chi connectivity index (χ4v) is 2.15. The van der Waals surface area contributed by atoms with Crippen molar-refractivity contribution < 1.29 is 27.2 Å². The van der Waals surface area contributed by atoms with Gasteiger partial charge in [0.25, 0.3) is 5.91 Å². The largest absolute Gasteiger partial charge is 0.457 e. The van der Waals surface area contributed by atoms with Gasteiger partial charge in [0, 0.05) is 5.69 Å². The average molecular weight is 338 g/mol. The molecule has 1 heterocycles. The van der Waals surface area contributed by atoms with Crippen molar-refractivity contribution in [2.45, 2.75) is 17.9 Å². The Hall–Kier alpha value is -2.65. The molecule has 122 valence electrons. The standard InChI is InChI=1S/C14H14N2O6S/c1-9(22-14(18)12-3-2-8-21-12)13(17)16-10-4-6-11(7-5-10)23(15,19)20/h2-9H,1H3,(H,16,17)(H2,15,19,20)/t9-/m0/s1. The Morgan fingerprint density at radius 1 is 1.22 bits per heavy atom. The molecule has 0 fully saturated rings. The van der Waals surface area contributed by atoms with Crippen LogP contribution in [0.1, 0.15) is 17.5 Å². The van der Waals surface area contributed by atoms with Crippen LogP contribution < -0.4 is 10.5 Å². The highest BCUT2D eigenvalue weighted by molar-refractivity contribution is 7.89. The molecular formula is C14H14N2O6S. The van der Waals surface area contributed by atoms with Crippen molar-refractivity contribution >= 4 is 27.6 Å². The third-order valence-corrected chi connectivity index (χ3v) is 3.76. The molecule has 0 aliphatic heterocycles. The molecule has 2 rings (SSSR count). The molecule has 1 amide bonds. The molecule has 1 aromatic heterocycles. The molecule has 8 nitrogen and oxygen atoms in total. The zero-order valence-electron chi connectivity index (χ0n) is 12.1. The Balaban J connectivity index is 1.97. The molecule has 0 spiro atoms. The topological polar surface area (TPSA) is 129 Å². The van der Waals surface area contributed by atoms with Crippen LogP contribution in [0.4, 0.5) is 5.69 Å². The first kappa shape index (κ1) is 16.7. The van der Waals surface area contributed by atoms with Gasteiger partial charge >= 0.3 is 5.97 Å². The molecule has 2 aromatic rings. The summed E-state index contributed by atoms with van der Waals surface area (Å²) < 4.78 is 32.1. The Morgan fingerprint density at radius 3 is 2.39 bits per heavy atom. The van der Waals surface area contributed by atoms with E-state index in [0.717, 1.165) is 0 Å². The van der Waals surface area contributed by atoms with Crippen molar-refractivity contribution in [3.63, 3.8) is 0 Å². The summed E-state index contributed by atoms with van der Waals surface area (Å²) in [6.07, 6.45) is 0.250. The van der Waals surface area contributed by atoms with Crippen LogP contribution in [0, 0.1) is 0 Å². The Morgan fingerprint density at radius 2 is 1.87 bits per heavy atom. The van der Waals surface area contributed by atoms with Gasteiger partial charge < -0.3 is 14.5 Å². The van der Waals surface area contributed by atoms with Gasteiger partial charge in [-0.25, -0.2) is 18.4 Å². The molecule has 23 heavy (non-hydrogen) atoms. The van der Waals surface area contributed by atoms with Crippen molar-refractivity contribution in [2.24, 2.45) is 5.14 Å². The number of amides is 1. The lowest BCUT2D eigenvalue weighted by Crippen LogP contribution is -2.29. The molecule has 0 aliphatic carbocycles. The lowest BCUT2D eigenvalue weighted by atomic mass is 10.3. The first-order valence-corrected chi connectivity index (χ1v) is 8.00. The van der Waals surface area contributed by atoms with Crippen molar-refractivity contribution in [3.05, 3.63) is 48.4 Å². The van der Waals surface area contributed by atoms with E-state index in [2.05, 4.69) is 5.32 Å². The van der Waals surface area contributed by atoms with E-state index in [1.165, 1.54) is 49.6 Å². The summed E-state index contributed by atoms with van der Waals surface area (Å²) in [7, 11) is -3.80. The molecule has 9 heteroatoms. The third kappa shape index (κ3) is 4.41. The first-order chi connectivity index (χ1) is 10.8. The number of rotatable bonds is 5. The van der Waals surface area contributed by atoms with E-state index in [1.807, 2.05) is 0 Å². The smallest absolute Gasteiger partial charge is 0.374 e. The predicted octanol–water partition coefficient (Wildman–Crippen LogP) is 1.11. The van der Waals surface area contributed by atoms with E-state index in [0.29, 0.717) is 5.69 Å². The van der Waals surface area contributed by atoms with E-state index in [4.69, 9.17) is 14.3 Å². The molecule has 0 bridgehead atoms. The van der Waals surface area contributed by atoms with E-state index in [9.17, 15) is 18.0 Å². The van der Waals surface area contributed by atoms with Gasteiger partial charge in [-0.3, -0.25) is 4.79 Å². The summed E-state index contributed by atoms with van der Waals surface area (Å²) >= 11 is 0. The van der Waals surface area contributed by atoms with Crippen molar-refractivity contribution in [3.8, 4) is 0 Å². The average Bonchev–Trinajstić information content (AvgIpc) is 3.01. The normalized spacial score (nSPS) is 12.4. The van der Waals surface area contributed by atoms with Gasteiger partial charge in [0.1, 0.15) is 0 Å². The van der Waals surface area contributed by atoms with Crippen LogP contribution in [0.25, 0.3) is 0 Å². The van der Waals surface area contributed by atoms with Gasteiger partial charge in [0.2, 0.25) is 15.8 Å². The zero-order chi connectivity index (χ0) is 17.0. The van der Waals surface area contributed by atoms with E-state index >= 15 is 0 Å². The summed E-state index contributed by atoms with van der Waals surface area (Å²) in [5, 5.41) is 7.46. The third-order valence-electron chi connectivity index (χ3n) is 2.83.